The van der Waals surface area contributed by atoms with Gasteiger partial charge < -0.3 is 24.3 Å². The Kier molecular flexibility index (Phi) is 9.23. The molecule has 0 bridgehead atoms. The monoisotopic (exact) mass is 325 g/mol. The third-order valence-corrected chi connectivity index (χ3v) is 2.71. The zero-order chi connectivity index (χ0) is 16.9. The number of para-hydroxylation sites is 2. The fourth-order valence-electron chi connectivity index (χ4n) is 1.65. The second kappa shape index (κ2) is 11.3. The fourth-order valence-corrected chi connectivity index (χ4v) is 1.65. The molecule has 0 radical (unpaired) electrons. The van der Waals surface area contributed by atoms with Gasteiger partial charge in [0.25, 0.3) is 5.91 Å². The lowest BCUT2D eigenvalue weighted by molar-refractivity contribution is -0.149. The van der Waals surface area contributed by atoms with Gasteiger partial charge in [0.15, 0.2) is 18.1 Å². The summed E-state index contributed by atoms with van der Waals surface area (Å²) in [7, 11) is 1.54. The van der Waals surface area contributed by atoms with Crippen LogP contribution in [0.5, 0.6) is 11.5 Å². The predicted molar refractivity (Wildman–Crippen MR) is 83.6 cm³/mol. The zero-order valence-electron chi connectivity index (χ0n) is 13.5. The summed E-state index contributed by atoms with van der Waals surface area (Å²) in [6.07, 6.45) is 0.0474. The smallest absolute Gasteiger partial charge is 0.309 e. The minimum absolute atomic E-state index is 0.0474. The fraction of sp³-hybridized carbons (Fsp3) is 0.500. The Balaban J connectivity index is 2.22. The molecule has 1 aromatic rings. The molecule has 1 rings (SSSR count). The summed E-state index contributed by atoms with van der Waals surface area (Å²) in [6.45, 7) is 3.04. The van der Waals surface area contributed by atoms with Gasteiger partial charge >= 0.3 is 5.97 Å². The molecule has 7 nitrogen and oxygen atoms in total. The molecule has 0 aliphatic rings. The highest BCUT2D eigenvalue weighted by Gasteiger charge is 2.09. The van der Waals surface area contributed by atoms with Gasteiger partial charge in [-0.25, -0.2) is 0 Å². The van der Waals surface area contributed by atoms with Gasteiger partial charge in [-0.3, -0.25) is 9.59 Å². The first-order valence-electron chi connectivity index (χ1n) is 7.43. The molecule has 7 heteroatoms. The molecular weight excluding hydrogens is 302 g/mol. The maximum atomic E-state index is 11.5. The van der Waals surface area contributed by atoms with Crippen molar-refractivity contribution in [2.75, 3.05) is 40.1 Å². The van der Waals surface area contributed by atoms with E-state index in [2.05, 4.69) is 5.32 Å². The quantitative estimate of drug-likeness (QED) is 0.485. The average molecular weight is 325 g/mol. The molecule has 1 aromatic carbocycles. The van der Waals surface area contributed by atoms with Crippen LogP contribution < -0.4 is 14.8 Å². The Hall–Kier alpha value is -2.28. The number of rotatable bonds is 11. The van der Waals surface area contributed by atoms with Crippen LogP contribution in [0.15, 0.2) is 24.3 Å². The molecule has 128 valence electrons. The molecule has 0 fully saturated rings. The number of hydrogen-bond donors (Lipinski definition) is 1. The minimum atomic E-state index is -0.499. The van der Waals surface area contributed by atoms with Crippen molar-refractivity contribution in [3.63, 3.8) is 0 Å². The van der Waals surface area contributed by atoms with Gasteiger partial charge in [-0.15, -0.1) is 0 Å². The number of amides is 1. The Morgan fingerprint density at radius 2 is 1.78 bits per heavy atom. The maximum absolute atomic E-state index is 11.5. The molecule has 0 aliphatic carbocycles. The van der Waals surface area contributed by atoms with E-state index in [4.69, 9.17) is 18.9 Å². The van der Waals surface area contributed by atoms with Crippen LogP contribution in [0.3, 0.4) is 0 Å². The summed E-state index contributed by atoms with van der Waals surface area (Å²) in [4.78, 5) is 22.9. The number of hydrogen-bond acceptors (Lipinski definition) is 6. The molecule has 0 atom stereocenters. The normalized spacial score (nSPS) is 10.0. The van der Waals surface area contributed by atoms with Crippen LogP contribution >= 0.6 is 0 Å². The zero-order valence-corrected chi connectivity index (χ0v) is 13.5. The van der Waals surface area contributed by atoms with E-state index in [0.29, 0.717) is 31.3 Å². The molecule has 23 heavy (non-hydrogen) atoms. The Bertz CT molecular complexity index is 491. The molecule has 0 heterocycles. The summed E-state index contributed by atoms with van der Waals surface area (Å²) < 4.78 is 20.6. The standard InChI is InChI=1S/C16H23NO6/c1-3-21-13-6-4-5-7-14(13)22-10-8-16(19)23-12-15(18)17-9-11-20-2/h4-7H,3,8-12H2,1-2H3,(H,17,18). The van der Waals surface area contributed by atoms with Crippen LogP contribution in [0.25, 0.3) is 0 Å². The first-order chi connectivity index (χ1) is 11.2. The number of carbonyl (C=O) groups is 2. The van der Waals surface area contributed by atoms with Crippen LogP contribution in [-0.2, 0) is 19.1 Å². The number of ether oxygens (including phenoxy) is 4. The van der Waals surface area contributed by atoms with E-state index in [1.807, 2.05) is 19.1 Å². The van der Waals surface area contributed by atoms with Crippen LogP contribution in [0.4, 0.5) is 0 Å². The Labute approximate surface area is 135 Å². The van der Waals surface area contributed by atoms with Crippen LogP contribution in [0.2, 0.25) is 0 Å². The van der Waals surface area contributed by atoms with E-state index in [1.54, 1.807) is 12.1 Å². The highest BCUT2D eigenvalue weighted by atomic mass is 16.5. The summed E-state index contributed by atoms with van der Waals surface area (Å²) in [5, 5.41) is 2.55. The minimum Gasteiger partial charge on any atom is -0.490 e. The molecule has 1 N–H and O–H groups in total. The summed E-state index contributed by atoms with van der Waals surface area (Å²) in [5.74, 6) is 0.333. The highest BCUT2D eigenvalue weighted by molar-refractivity contribution is 5.80. The van der Waals surface area contributed by atoms with Crippen molar-refractivity contribution in [3.05, 3.63) is 24.3 Å². The first-order valence-corrected chi connectivity index (χ1v) is 7.43. The molecule has 0 unspecified atom stereocenters. The van der Waals surface area contributed by atoms with Gasteiger partial charge in [-0.2, -0.15) is 0 Å². The lowest BCUT2D eigenvalue weighted by Crippen LogP contribution is -2.31. The molecule has 0 saturated heterocycles. The molecule has 0 spiro atoms. The third-order valence-electron chi connectivity index (χ3n) is 2.71. The lowest BCUT2D eigenvalue weighted by Gasteiger charge is -2.11. The summed E-state index contributed by atoms with van der Waals surface area (Å²) >= 11 is 0. The number of esters is 1. The number of carbonyl (C=O) groups excluding carboxylic acids is 2. The molecule has 0 aromatic heterocycles. The number of nitrogens with one attached hydrogen (secondary N) is 1. The average Bonchev–Trinajstić information content (AvgIpc) is 2.55. The van der Waals surface area contributed by atoms with E-state index in [1.165, 1.54) is 7.11 Å². The van der Waals surface area contributed by atoms with Crippen LogP contribution in [0.1, 0.15) is 13.3 Å². The van der Waals surface area contributed by atoms with Crippen LogP contribution in [-0.4, -0.2) is 52.0 Å². The first kappa shape index (κ1) is 18.8. The summed E-state index contributed by atoms with van der Waals surface area (Å²) in [6, 6.07) is 7.22. The van der Waals surface area contributed by atoms with Crippen molar-refractivity contribution < 1.29 is 28.5 Å². The second-order valence-corrected chi connectivity index (χ2v) is 4.48. The van der Waals surface area contributed by atoms with Crippen molar-refractivity contribution >= 4 is 11.9 Å². The van der Waals surface area contributed by atoms with Gasteiger partial charge in [0.1, 0.15) is 0 Å². The predicted octanol–water partition coefficient (Wildman–Crippen LogP) is 1.16. The SMILES string of the molecule is CCOc1ccccc1OCCC(=O)OCC(=O)NCCOC. The molecule has 0 saturated carbocycles. The van der Waals surface area contributed by atoms with E-state index in [-0.39, 0.29) is 25.5 Å². The van der Waals surface area contributed by atoms with Crippen molar-refractivity contribution in [3.8, 4) is 11.5 Å². The maximum Gasteiger partial charge on any atom is 0.309 e. The molecule has 1 amide bonds. The van der Waals surface area contributed by atoms with E-state index < -0.39 is 5.97 Å². The van der Waals surface area contributed by atoms with Crippen molar-refractivity contribution in [2.24, 2.45) is 0 Å². The van der Waals surface area contributed by atoms with Crippen molar-refractivity contribution in [1.29, 1.82) is 0 Å². The molecular formula is C16H23NO6. The van der Waals surface area contributed by atoms with Gasteiger partial charge in [0.05, 0.1) is 26.2 Å². The third kappa shape index (κ3) is 8.06. The lowest BCUT2D eigenvalue weighted by atomic mass is 10.3. The largest absolute Gasteiger partial charge is 0.490 e. The van der Waals surface area contributed by atoms with Gasteiger partial charge in [-0.05, 0) is 19.1 Å². The van der Waals surface area contributed by atoms with Gasteiger partial charge in [0.2, 0.25) is 0 Å². The van der Waals surface area contributed by atoms with Gasteiger partial charge in [-0.1, -0.05) is 12.1 Å². The van der Waals surface area contributed by atoms with Crippen molar-refractivity contribution in [2.45, 2.75) is 13.3 Å². The van der Waals surface area contributed by atoms with Gasteiger partial charge in [0, 0.05) is 13.7 Å². The Morgan fingerprint density at radius 1 is 1.09 bits per heavy atom. The van der Waals surface area contributed by atoms with E-state index in [9.17, 15) is 9.59 Å². The number of methoxy groups -OCH3 is 1. The van der Waals surface area contributed by atoms with Crippen molar-refractivity contribution in [1.82, 2.24) is 5.32 Å². The Morgan fingerprint density at radius 3 is 2.43 bits per heavy atom. The second-order valence-electron chi connectivity index (χ2n) is 4.48. The molecule has 0 aliphatic heterocycles. The summed E-state index contributed by atoms with van der Waals surface area (Å²) in [5.41, 5.74) is 0. The number of benzene rings is 1. The van der Waals surface area contributed by atoms with Crippen LogP contribution in [0, 0.1) is 0 Å². The van der Waals surface area contributed by atoms with E-state index >= 15 is 0 Å². The highest BCUT2D eigenvalue weighted by Crippen LogP contribution is 2.26. The van der Waals surface area contributed by atoms with E-state index in [0.717, 1.165) is 0 Å². The topological polar surface area (TPSA) is 83.1 Å².